The lowest BCUT2D eigenvalue weighted by molar-refractivity contribution is 0.113. The van der Waals surface area contributed by atoms with Gasteiger partial charge in [-0.05, 0) is 51.1 Å². The first-order valence-electron chi connectivity index (χ1n) is 7.30. The fourth-order valence-corrected chi connectivity index (χ4v) is 3.02. The van der Waals surface area contributed by atoms with Crippen LogP contribution >= 0.6 is 0 Å². The smallest absolute Gasteiger partial charge is 0.0613 e. The number of aliphatic hydroxyl groups excluding tert-OH is 1. The molecule has 3 unspecified atom stereocenters. The zero-order valence-corrected chi connectivity index (χ0v) is 12.9. The molecule has 0 aromatic rings. The van der Waals surface area contributed by atoms with Crippen molar-refractivity contribution in [3.05, 3.63) is 0 Å². The van der Waals surface area contributed by atoms with Crippen molar-refractivity contribution in [3.8, 4) is 0 Å². The van der Waals surface area contributed by atoms with Gasteiger partial charge in [0, 0.05) is 11.6 Å². The Hall–Kier alpha value is -0.120. The molecule has 0 aliphatic heterocycles. The number of nitrogens with zero attached hydrogens (tertiary/aromatic N) is 1. The summed E-state index contributed by atoms with van der Waals surface area (Å²) < 4.78 is 0. The predicted octanol–water partition coefficient (Wildman–Crippen LogP) is 2.23. The van der Waals surface area contributed by atoms with E-state index in [9.17, 15) is 5.11 Å². The molecule has 18 heavy (non-hydrogen) atoms. The number of hydrogen-bond acceptors (Lipinski definition) is 3. The summed E-state index contributed by atoms with van der Waals surface area (Å²) in [5.74, 6) is 0.483. The Balaban J connectivity index is 2.46. The Bertz CT molecular complexity index is 262. The van der Waals surface area contributed by atoms with Gasteiger partial charge in [-0.15, -0.1) is 0 Å². The summed E-state index contributed by atoms with van der Waals surface area (Å²) >= 11 is 0. The van der Waals surface area contributed by atoms with Crippen molar-refractivity contribution in [2.75, 3.05) is 20.2 Å². The molecular weight excluding hydrogens is 224 g/mol. The van der Waals surface area contributed by atoms with Crippen LogP contribution in [0.1, 0.15) is 53.4 Å². The highest BCUT2D eigenvalue weighted by atomic mass is 16.3. The molecule has 108 valence electrons. The molecule has 0 aromatic heterocycles. The maximum absolute atomic E-state index is 9.46. The molecule has 3 N–H and O–H groups in total. The summed E-state index contributed by atoms with van der Waals surface area (Å²) in [5.41, 5.74) is 6.28. The van der Waals surface area contributed by atoms with Crippen LogP contribution in [-0.2, 0) is 0 Å². The van der Waals surface area contributed by atoms with E-state index < -0.39 is 0 Å². The van der Waals surface area contributed by atoms with E-state index in [1.54, 1.807) is 0 Å². The highest BCUT2D eigenvalue weighted by Crippen LogP contribution is 2.36. The van der Waals surface area contributed by atoms with Gasteiger partial charge in [-0.2, -0.15) is 0 Å². The van der Waals surface area contributed by atoms with Crippen LogP contribution in [0.25, 0.3) is 0 Å². The van der Waals surface area contributed by atoms with Crippen molar-refractivity contribution in [2.45, 2.75) is 65.0 Å². The van der Waals surface area contributed by atoms with Gasteiger partial charge in [-0.25, -0.2) is 0 Å². The van der Waals surface area contributed by atoms with Crippen molar-refractivity contribution in [1.82, 2.24) is 4.90 Å². The normalized spacial score (nSPS) is 31.0. The summed E-state index contributed by atoms with van der Waals surface area (Å²) in [6.07, 6.45) is 4.43. The Morgan fingerprint density at radius 2 is 2.06 bits per heavy atom. The third kappa shape index (κ3) is 3.69. The maximum Gasteiger partial charge on any atom is 0.0613 e. The first-order chi connectivity index (χ1) is 8.20. The molecule has 0 aromatic carbocycles. The minimum atomic E-state index is -0.314. The van der Waals surface area contributed by atoms with Gasteiger partial charge in [0.25, 0.3) is 0 Å². The predicted molar refractivity (Wildman–Crippen MR) is 77.5 cm³/mol. The summed E-state index contributed by atoms with van der Waals surface area (Å²) in [6.45, 7) is 10.3. The van der Waals surface area contributed by atoms with E-state index in [0.717, 1.165) is 19.4 Å². The average molecular weight is 256 g/mol. The first-order valence-corrected chi connectivity index (χ1v) is 7.30. The molecule has 0 heterocycles. The standard InChI is InChI=1S/C15H32N2O/c1-12(14(2,3)4)17(5)10-8-13-7-6-9-15(13,16)11-18/h12-13,18H,6-11,16H2,1-5H3. The van der Waals surface area contributed by atoms with E-state index in [1.807, 2.05) is 0 Å². The lowest BCUT2D eigenvalue weighted by Gasteiger charge is -2.37. The summed E-state index contributed by atoms with van der Waals surface area (Å²) in [6, 6.07) is 0.556. The molecule has 1 fully saturated rings. The zero-order valence-electron chi connectivity index (χ0n) is 12.9. The fraction of sp³-hybridized carbons (Fsp3) is 1.00. The van der Waals surface area contributed by atoms with Gasteiger partial charge in [0.15, 0.2) is 0 Å². The van der Waals surface area contributed by atoms with Crippen LogP contribution in [-0.4, -0.2) is 41.8 Å². The van der Waals surface area contributed by atoms with E-state index in [4.69, 9.17) is 5.73 Å². The molecular formula is C15H32N2O. The van der Waals surface area contributed by atoms with E-state index in [1.165, 1.54) is 12.8 Å². The Morgan fingerprint density at radius 3 is 2.56 bits per heavy atom. The van der Waals surface area contributed by atoms with Gasteiger partial charge >= 0.3 is 0 Å². The lowest BCUT2D eigenvalue weighted by atomic mass is 9.84. The highest BCUT2D eigenvalue weighted by Gasteiger charge is 2.38. The van der Waals surface area contributed by atoms with Gasteiger partial charge in [-0.3, -0.25) is 0 Å². The van der Waals surface area contributed by atoms with E-state index in [0.29, 0.717) is 17.4 Å². The number of nitrogens with two attached hydrogens (primary N) is 1. The molecule has 1 aliphatic carbocycles. The number of aliphatic hydroxyl groups is 1. The van der Waals surface area contributed by atoms with Crippen LogP contribution in [0, 0.1) is 11.3 Å². The molecule has 3 atom stereocenters. The highest BCUT2D eigenvalue weighted by molar-refractivity contribution is 4.96. The molecule has 1 saturated carbocycles. The van der Waals surface area contributed by atoms with Gasteiger partial charge in [-0.1, -0.05) is 27.2 Å². The van der Waals surface area contributed by atoms with Crippen LogP contribution in [0.2, 0.25) is 0 Å². The molecule has 0 amide bonds. The van der Waals surface area contributed by atoms with Crippen LogP contribution in [0.3, 0.4) is 0 Å². The average Bonchev–Trinajstić information content (AvgIpc) is 2.66. The van der Waals surface area contributed by atoms with E-state index in [-0.39, 0.29) is 12.1 Å². The molecule has 1 aliphatic rings. The lowest BCUT2D eigenvalue weighted by Crippen LogP contribution is -2.48. The monoisotopic (exact) mass is 256 g/mol. The summed E-state index contributed by atoms with van der Waals surface area (Å²) in [4.78, 5) is 2.43. The third-order valence-electron chi connectivity index (χ3n) is 5.05. The summed E-state index contributed by atoms with van der Waals surface area (Å²) in [5, 5.41) is 9.46. The van der Waals surface area contributed by atoms with Crippen LogP contribution in [0.5, 0.6) is 0 Å². The van der Waals surface area contributed by atoms with Crippen molar-refractivity contribution in [3.63, 3.8) is 0 Å². The second kappa shape index (κ2) is 5.89. The largest absolute Gasteiger partial charge is 0.394 e. The Labute approximate surface area is 113 Å². The molecule has 0 spiro atoms. The minimum absolute atomic E-state index is 0.135. The van der Waals surface area contributed by atoms with Crippen molar-refractivity contribution < 1.29 is 5.11 Å². The second-order valence-corrected chi connectivity index (χ2v) is 7.29. The SMILES string of the molecule is CC(N(C)CCC1CCCC1(N)CO)C(C)(C)C. The van der Waals surface area contributed by atoms with Crippen molar-refractivity contribution >= 4 is 0 Å². The minimum Gasteiger partial charge on any atom is -0.394 e. The maximum atomic E-state index is 9.46. The van der Waals surface area contributed by atoms with Crippen LogP contribution in [0.4, 0.5) is 0 Å². The van der Waals surface area contributed by atoms with E-state index >= 15 is 0 Å². The van der Waals surface area contributed by atoms with Gasteiger partial charge in [0.05, 0.1) is 6.61 Å². The molecule has 3 heteroatoms. The molecule has 1 rings (SSSR count). The second-order valence-electron chi connectivity index (χ2n) is 7.29. The Kier molecular flexibility index (Phi) is 5.22. The topological polar surface area (TPSA) is 49.5 Å². The number of hydrogen-bond donors (Lipinski definition) is 2. The summed E-state index contributed by atoms with van der Waals surface area (Å²) in [7, 11) is 2.20. The fourth-order valence-electron chi connectivity index (χ4n) is 3.02. The molecule has 3 nitrogen and oxygen atoms in total. The van der Waals surface area contributed by atoms with E-state index in [2.05, 4.69) is 39.6 Å². The van der Waals surface area contributed by atoms with Crippen LogP contribution < -0.4 is 5.73 Å². The molecule has 0 radical (unpaired) electrons. The first kappa shape index (κ1) is 15.9. The molecule has 0 bridgehead atoms. The quantitative estimate of drug-likeness (QED) is 0.793. The van der Waals surface area contributed by atoms with Crippen molar-refractivity contribution in [1.29, 1.82) is 0 Å². The number of rotatable bonds is 5. The van der Waals surface area contributed by atoms with Gasteiger partial charge < -0.3 is 15.7 Å². The van der Waals surface area contributed by atoms with Gasteiger partial charge in [0.1, 0.15) is 0 Å². The van der Waals surface area contributed by atoms with Gasteiger partial charge in [0.2, 0.25) is 0 Å². The van der Waals surface area contributed by atoms with Crippen LogP contribution in [0.15, 0.2) is 0 Å². The molecule has 0 saturated heterocycles. The Morgan fingerprint density at radius 1 is 1.44 bits per heavy atom. The zero-order chi connectivity index (χ0) is 14.0. The van der Waals surface area contributed by atoms with Crippen molar-refractivity contribution in [2.24, 2.45) is 17.1 Å². The third-order valence-corrected chi connectivity index (χ3v) is 5.05.